The molecule has 0 saturated heterocycles. The predicted molar refractivity (Wildman–Crippen MR) is 124 cm³/mol. The van der Waals surface area contributed by atoms with Crippen molar-refractivity contribution < 1.29 is 19.4 Å². The second kappa shape index (κ2) is 10.1. The number of alkyl carbamates (subject to hydrolysis) is 1. The fourth-order valence-corrected chi connectivity index (χ4v) is 4.44. The van der Waals surface area contributed by atoms with Gasteiger partial charge in [0.05, 0.1) is 6.42 Å². The molecule has 32 heavy (non-hydrogen) atoms. The molecule has 1 aliphatic carbocycles. The molecular formula is C27H27NO4. The molecule has 0 radical (unpaired) electrons. The molecule has 0 fully saturated rings. The summed E-state index contributed by atoms with van der Waals surface area (Å²) in [5, 5.41) is 12.0. The Hall–Kier alpha value is -3.60. The van der Waals surface area contributed by atoms with Crippen molar-refractivity contribution in [1.82, 2.24) is 5.32 Å². The second-order valence-electron chi connectivity index (χ2n) is 8.14. The maximum Gasteiger partial charge on any atom is 0.407 e. The van der Waals surface area contributed by atoms with Crippen molar-refractivity contribution in [1.29, 1.82) is 0 Å². The van der Waals surface area contributed by atoms with Crippen LogP contribution in [0.5, 0.6) is 0 Å². The first kappa shape index (κ1) is 21.6. The molecule has 0 aliphatic heterocycles. The molecule has 0 spiro atoms. The first-order valence-corrected chi connectivity index (χ1v) is 11.0. The molecule has 0 unspecified atom stereocenters. The van der Waals surface area contributed by atoms with E-state index in [9.17, 15) is 14.7 Å². The van der Waals surface area contributed by atoms with Gasteiger partial charge in [-0.05, 0) is 47.1 Å². The van der Waals surface area contributed by atoms with Crippen molar-refractivity contribution in [2.75, 3.05) is 6.61 Å². The first-order chi connectivity index (χ1) is 15.6. The Balaban J connectivity index is 1.34. The van der Waals surface area contributed by atoms with Crippen LogP contribution in [0.2, 0.25) is 0 Å². The molecule has 0 heterocycles. The minimum absolute atomic E-state index is 0.0239. The van der Waals surface area contributed by atoms with E-state index in [-0.39, 0.29) is 18.9 Å². The number of carbonyl (C=O) groups excluding carboxylic acids is 1. The van der Waals surface area contributed by atoms with Gasteiger partial charge in [-0.15, -0.1) is 0 Å². The Bertz CT molecular complexity index is 1030. The molecule has 1 aliphatic rings. The Labute approximate surface area is 188 Å². The van der Waals surface area contributed by atoms with E-state index in [1.165, 1.54) is 16.7 Å². The largest absolute Gasteiger partial charge is 0.481 e. The van der Waals surface area contributed by atoms with Crippen molar-refractivity contribution in [3.8, 4) is 11.1 Å². The van der Waals surface area contributed by atoms with Gasteiger partial charge in [0, 0.05) is 12.0 Å². The lowest BCUT2D eigenvalue weighted by atomic mass is 9.98. The van der Waals surface area contributed by atoms with Gasteiger partial charge in [-0.2, -0.15) is 0 Å². The fourth-order valence-electron chi connectivity index (χ4n) is 4.44. The van der Waals surface area contributed by atoms with Gasteiger partial charge in [0.2, 0.25) is 0 Å². The van der Waals surface area contributed by atoms with Gasteiger partial charge in [0.15, 0.2) is 0 Å². The highest BCUT2D eigenvalue weighted by Gasteiger charge is 2.29. The molecule has 1 amide bonds. The summed E-state index contributed by atoms with van der Waals surface area (Å²) in [6.07, 6.45) is 1.50. The molecule has 1 atom stereocenters. The summed E-state index contributed by atoms with van der Waals surface area (Å²) in [5.41, 5.74) is 5.82. The van der Waals surface area contributed by atoms with Gasteiger partial charge in [-0.1, -0.05) is 78.9 Å². The number of carboxylic acid groups (broad SMARTS) is 1. The van der Waals surface area contributed by atoms with Crippen LogP contribution in [0.15, 0.2) is 78.9 Å². The zero-order chi connectivity index (χ0) is 22.3. The fraction of sp³-hybridized carbons (Fsp3) is 0.259. The zero-order valence-corrected chi connectivity index (χ0v) is 17.9. The van der Waals surface area contributed by atoms with Crippen LogP contribution in [0.4, 0.5) is 4.79 Å². The number of hydrogen-bond donors (Lipinski definition) is 2. The normalized spacial score (nSPS) is 13.1. The molecule has 0 aromatic heterocycles. The first-order valence-electron chi connectivity index (χ1n) is 11.0. The number of fused-ring (bicyclic) bond motifs is 3. The van der Waals surface area contributed by atoms with Crippen LogP contribution in [-0.4, -0.2) is 29.8 Å². The molecule has 0 saturated carbocycles. The number of carbonyl (C=O) groups is 2. The van der Waals surface area contributed by atoms with Gasteiger partial charge in [-0.3, -0.25) is 4.79 Å². The molecule has 5 heteroatoms. The van der Waals surface area contributed by atoms with E-state index in [0.717, 1.165) is 24.0 Å². The molecule has 0 bridgehead atoms. The third-order valence-corrected chi connectivity index (χ3v) is 5.95. The van der Waals surface area contributed by atoms with E-state index in [2.05, 4.69) is 29.6 Å². The van der Waals surface area contributed by atoms with Crippen LogP contribution in [0.1, 0.15) is 41.9 Å². The Morgan fingerprint density at radius 3 is 2.09 bits per heavy atom. The highest BCUT2D eigenvalue weighted by molar-refractivity contribution is 5.79. The summed E-state index contributed by atoms with van der Waals surface area (Å²) >= 11 is 0. The minimum Gasteiger partial charge on any atom is -0.481 e. The van der Waals surface area contributed by atoms with Crippen LogP contribution >= 0.6 is 0 Å². The maximum atomic E-state index is 12.5. The summed E-state index contributed by atoms with van der Waals surface area (Å²) in [7, 11) is 0. The lowest BCUT2D eigenvalue weighted by Crippen LogP contribution is -2.37. The van der Waals surface area contributed by atoms with Crippen molar-refractivity contribution in [2.45, 2.75) is 37.6 Å². The van der Waals surface area contributed by atoms with Gasteiger partial charge in [0.25, 0.3) is 0 Å². The number of benzene rings is 3. The van der Waals surface area contributed by atoms with E-state index >= 15 is 0 Å². The summed E-state index contributed by atoms with van der Waals surface area (Å²) in [6.45, 7) is 0.212. The number of ether oxygens (including phenoxy) is 1. The van der Waals surface area contributed by atoms with E-state index in [1.807, 2.05) is 54.6 Å². The molecule has 5 nitrogen and oxygen atoms in total. The van der Waals surface area contributed by atoms with Crippen LogP contribution in [0, 0.1) is 0 Å². The Morgan fingerprint density at radius 2 is 1.47 bits per heavy atom. The SMILES string of the molecule is O=C(O)C[C@@H](CCCc1ccccc1)NC(=O)OCC1c2ccccc2-c2ccccc21. The van der Waals surface area contributed by atoms with Crippen LogP contribution in [0.3, 0.4) is 0 Å². The summed E-state index contributed by atoms with van der Waals surface area (Å²) in [5.74, 6) is -0.960. The average Bonchev–Trinajstić information content (AvgIpc) is 3.12. The highest BCUT2D eigenvalue weighted by Crippen LogP contribution is 2.44. The summed E-state index contributed by atoms with van der Waals surface area (Å²) < 4.78 is 5.57. The minimum atomic E-state index is -0.936. The molecule has 3 aromatic rings. The molecule has 3 aromatic carbocycles. The summed E-state index contributed by atoms with van der Waals surface area (Å²) in [6, 6.07) is 25.9. The van der Waals surface area contributed by atoms with Crippen molar-refractivity contribution in [2.24, 2.45) is 0 Å². The van der Waals surface area contributed by atoms with Gasteiger partial charge < -0.3 is 15.2 Å². The number of carboxylic acids is 1. The smallest absolute Gasteiger partial charge is 0.407 e. The maximum absolute atomic E-state index is 12.5. The number of nitrogens with one attached hydrogen (secondary N) is 1. The number of rotatable bonds is 9. The molecule has 2 N–H and O–H groups in total. The lowest BCUT2D eigenvalue weighted by Gasteiger charge is -2.19. The van der Waals surface area contributed by atoms with E-state index in [4.69, 9.17) is 4.74 Å². The number of hydrogen-bond acceptors (Lipinski definition) is 3. The third kappa shape index (κ3) is 5.17. The van der Waals surface area contributed by atoms with Crippen LogP contribution in [-0.2, 0) is 16.0 Å². The topological polar surface area (TPSA) is 75.6 Å². The van der Waals surface area contributed by atoms with Crippen LogP contribution in [0.25, 0.3) is 11.1 Å². The van der Waals surface area contributed by atoms with Crippen molar-refractivity contribution in [3.05, 3.63) is 95.6 Å². The number of aryl methyl sites for hydroxylation is 1. The second-order valence-corrected chi connectivity index (χ2v) is 8.14. The van der Waals surface area contributed by atoms with Crippen molar-refractivity contribution >= 4 is 12.1 Å². The molecular weight excluding hydrogens is 402 g/mol. The molecule has 4 rings (SSSR count). The lowest BCUT2D eigenvalue weighted by molar-refractivity contribution is -0.137. The molecule has 164 valence electrons. The summed E-state index contributed by atoms with van der Waals surface area (Å²) in [4.78, 5) is 23.8. The van der Waals surface area contributed by atoms with E-state index in [1.54, 1.807) is 0 Å². The van der Waals surface area contributed by atoms with Crippen molar-refractivity contribution in [3.63, 3.8) is 0 Å². The average molecular weight is 430 g/mol. The Morgan fingerprint density at radius 1 is 0.875 bits per heavy atom. The zero-order valence-electron chi connectivity index (χ0n) is 17.9. The standard InChI is InChI=1S/C27H27NO4/c29-26(30)17-20(12-8-11-19-9-2-1-3-10-19)28-27(31)32-18-25-23-15-6-4-13-21(23)22-14-5-7-16-24(22)25/h1-7,9-10,13-16,20,25H,8,11-12,17-18H2,(H,28,31)(H,29,30)/t20-/m1/s1. The van der Waals surface area contributed by atoms with Gasteiger partial charge >= 0.3 is 12.1 Å². The van der Waals surface area contributed by atoms with E-state index < -0.39 is 18.1 Å². The highest BCUT2D eigenvalue weighted by atomic mass is 16.5. The predicted octanol–water partition coefficient (Wildman–Crippen LogP) is 5.39. The van der Waals surface area contributed by atoms with E-state index in [0.29, 0.717) is 6.42 Å². The number of amides is 1. The quantitative estimate of drug-likeness (QED) is 0.478. The van der Waals surface area contributed by atoms with Gasteiger partial charge in [0.1, 0.15) is 6.61 Å². The van der Waals surface area contributed by atoms with Gasteiger partial charge in [-0.25, -0.2) is 4.79 Å². The monoisotopic (exact) mass is 429 g/mol. The number of aliphatic carboxylic acids is 1. The van der Waals surface area contributed by atoms with Crippen LogP contribution < -0.4 is 5.32 Å². The Kier molecular flexibility index (Phi) is 6.85. The third-order valence-electron chi connectivity index (χ3n) is 5.95.